The fraction of sp³-hybridized carbons (Fsp3) is 0. The number of carboxylic acids is 1. The Morgan fingerprint density at radius 3 is 2.53 bits per heavy atom. The molecule has 15 heavy (non-hydrogen) atoms. The molecule has 0 spiro atoms. The second kappa shape index (κ2) is 4.23. The number of aldehydes is 1. The Hall–Kier alpha value is -2.37. The molecule has 0 saturated heterocycles. The van der Waals surface area contributed by atoms with Crippen molar-refractivity contribution in [2.24, 2.45) is 5.73 Å². The summed E-state index contributed by atoms with van der Waals surface area (Å²) in [5.74, 6) is -1.15. The zero-order valence-electron chi connectivity index (χ0n) is 7.56. The summed E-state index contributed by atoms with van der Waals surface area (Å²) < 4.78 is 0. The average molecular weight is 208 g/mol. The van der Waals surface area contributed by atoms with Crippen LogP contribution in [-0.2, 0) is 0 Å². The van der Waals surface area contributed by atoms with Crippen LogP contribution in [0, 0.1) is 0 Å². The molecule has 2 amide bonds. The minimum absolute atomic E-state index is 0.0351. The van der Waals surface area contributed by atoms with Gasteiger partial charge in [0.05, 0.1) is 11.3 Å². The van der Waals surface area contributed by atoms with Crippen molar-refractivity contribution in [2.45, 2.75) is 0 Å². The highest BCUT2D eigenvalue weighted by molar-refractivity contribution is 5.97. The first-order chi connectivity index (χ1) is 7.04. The lowest BCUT2D eigenvalue weighted by Crippen LogP contribution is -2.20. The largest absolute Gasteiger partial charge is 0.478 e. The fourth-order valence-electron chi connectivity index (χ4n) is 1.04. The van der Waals surface area contributed by atoms with Crippen LogP contribution in [0.4, 0.5) is 10.5 Å². The van der Waals surface area contributed by atoms with Gasteiger partial charge in [0.15, 0.2) is 6.29 Å². The van der Waals surface area contributed by atoms with Crippen LogP contribution in [0.25, 0.3) is 0 Å². The van der Waals surface area contributed by atoms with Gasteiger partial charge < -0.3 is 16.2 Å². The molecule has 0 saturated carbocycles. The van der Waals surface area contributed by atoms with Crippen LogP contribution in [0.15, 0.2) is 18.2 Å². The molecule has 1 rings (SSSR count). The second-order valence-electron chi connectivity index (χ2n) is 2.71. The Labute approximate surface area is 84.7 Å². The smallest absolute Gasteiger partial charge is 0.335 e. The van der Waals surface area contributed by atoms with Crippen molar-refractivity contribution in [3.05, 3.63) is 29.3 Å². The van der Waals surface area contributed by atoms with E-state index in [4.69, 9.17) is 10.8 Å². The molecule has 0 aromatic heterocycles. The molecule has 0 aliphatic rings. The van der Waals surface area contributed by atoms with Gasteiger partial charge in [0.25, 0.3) is 0 Å². The van der Waals surface area contributed by atoms with Gasteiger partial charge in [-0.25, -0.2) is 9.59 Å². The molecule has 0 aliphatic heterocycles. The summed E-state index contributed by atoms with van der Waals surface area (Å²) in [7, 11) is 0. The third-order valence-electron chi connectivity index (χ3n) is 1.68. The number of urea groups is 1. The number of primary amides is 1. The number of carbonyl (C=O) groups excluding carboxylic acids is 2. The summed E-state index contributed by atoms with van der Waals surface area (Å²) in [6.07, 6.45) is 0.442. The first kappa shape index (κ1) is 10.7. The standard InChI is InChI=1S/C9H8N2O4/c10-9(15)11-7-2-1-5(8(13)14)3-6(7)4-12/h1-4H,(H,13,14)(H3,10,11,15). The van der Waals surface area contributed by atoms with E-state index in [-0.39, 0.29) is 16.8 Å². The summed E-state index contributed by atoms with van der Waals surface area (Å²) in [5.41, 5.74) is 5.08. The van der Waals surface area contributed by atoms with Gasteiger partial charge in [0.1, 0.15) is 0 Å². The molecule has 0 atom stereocenters. The molecule has 1 aromatic carbocycles. The molecule has 0 aliphatic carbocycles. The number of aromatic carboxylic acids is 1. The zero-order chi connectivity index (χ0) is 11.4. The Bertz CT molecular complexity index is 428. The van der Waals surface area contributed by atoms with E-state index < -0.39 is 12.0 Å². The van der Waals surface area contributed by atoms with Crippen molar-refractivity contribution < 1.29 is 19.5 Å². The number of anilines is 1. The van der Waals surface area contributed by atoms with Crippen LogP contribution < -0.4 is 11.1 Å². The summed E-state index contributed by atoms with van der Waals surface area (Å²) in [5, 5.41) is 10.9. The van der Waals surface area contributed by atoms with Crippen molar-refractivity contribution in [3.63, 3.8) is 0 Å². The molecular weight excluding hydrogens is 200 g/mol. The third-order valence-corrected chi connectivity index (χ3v) is 1.68. The van der Waals surface area contributed by atoms with Crippen molar-refractivity contribution >= 4 is 24.0 Å². The number of hydrogen-bond acceptors (Lipinski definition) is 3. The van der Waals surface area contributed by atoms with E-state index in [2.05, 4.69) is 5.32 Å². The lowest BCUT2D eigenvalue weighted by molar-refractivity contribution is 0.0697. The molecule has 0 fully saturated rings. The monoisotopic (exact) mass is 208 g/mol. The summed E-state index contributed by atoms with van der Waals surface area (Å²) in [6.45, 7) is 0. The maximum atomic E-state index is 10.6. The SMILES string of the molecule is NC(=O)Nc1ccc(C(=O)O)cc1C=O. The molecule has 1 aromatic rings. The number of benzene rings is 1. The Kier molecular flexibility index (Phi) is 3.02. The van der Waals surface area contributed by atoms with E-state index in [0.717, 1.165) is 6.07 Å². The Morgan fingerprint density at radius 2 is 2.07 bits per heavy atom. The van der Waals surface area contributed by atoms with E-state index in [1.165, 1.54) is 12.1 Å². The highest BCUT2D eigenvalue weighted by atomic mass is 16.4. The van der Waals surface area contributed by atoms with Gasteiger partial charge >= 0.3 is 12.0 Å². The van der Waals surface area contributed by atoms with Crippen LogP contribution in [0.1, 0.15) is 20.7 Å². The summed E-state index contributed by atoms with van der Waals surface area (Å²) in [6, 6.07) is 2.90. The quantitative estimate of drug-likeness (QED) is 0.634. The second-order valence-corrected chi connectivity index (χ2v) is 2.71. The summed E-state index contributed by atoms with van der Waals surface area (Å²) in [4.78, 5) is 31.7. The van der Waals surface area contributed by atoms with Gasteiger partial charge in [-0.3, -0.25) is 4.79 Å². The van der Waals surface area contributed by atoms with E-state index in [9.17, 15) is 14.4 Å². The first-order valence-corrected chi connectivity index (χ1v) is 3.93. The van der Waals surface area contributed by atoms with Crippen molar-refractivity contribution in [2.75, 3.05) is 5.32 Å². The topological polar surface area (TPSA) is 109 Å². The molecule has 4 N–H and O–H groups in total. The van der Waals surface area contributed by atoms with Gasteiger partial charge in [0.2, 0.25) is 0 Å². The van der Waals surface area contributed by atoms with Gasteiger partial charge in [0, 0.05) is 5.56 Å². The molecule has 0 bridgehead atoms. The number of hydrogen-bond donors (Lipinski definition) is 3. The van der Waals surface area contributed by atoms with Crippen LogP contribution in [0.3, 0.4) is 0 Å². The van der Waals surface area contributed by atoms with E-state index >= 15 is 0 Å². The predicted octanol–water partition coefficient (Wildman–Crippen LogP) is 0.688. The number of carbonyl (C=O) groups is 3. The lowest BCUT2D eigenvalue weighted by Gasteiger charge is -2.05. The zero-order valence-corrected chi connectivity index (χ0v) is 7.56. The fourth-order valence-corrected chi connectivity index (χ4v) is 1.04. The molecule has 0 radical (unpaired) electrons. The maximum Gasteiger partial charge on any atom is 0.335 e. The van der Waals surface area contributed by atoms with Gasteiger partial charge in [-0.05, 0) is 18.2 Å². The van der Waals surface area contributed by atoms with E-state index in [1.54, 1.807) is 0 Å². The highest BCUT2D eigenvalue weighted by Gasteiger charge is 2.08. The van der Waals surface area contributed by atoms with Gasteiger partial charge in [-0.2, -0.15) is 0 Å². The normalized spacial score (nSPS) is 9.33. The first-order valence-electron chi connectivity index (χ1n) is 3.93. The van der Waals surface area contributed by atoms with Crippen LogP contribution >= 0.6 is 0 Å². The minimum Gasteiger partial charge on any atom is -0.478 e. The van der Waals surface area contributed by atoms with E-state index in [0.29, 0.717) is 6.29 Å². The van der Waals surface area contributed by atoms with Crippen LogP contribution in [-0.4, -0.2) is 23.4 Å². The third kappa shape index (κ3) is 2.53. The molecular formula is C9H8N2O4. The van der Waals surface area contributed by atoms with Crippen molar-refractivity contribution in [1.29, 1.82) is 0 Å². The number of nitrogens with two attached hydrogens (primary N) is 1. The van der Waals surface area contributed by atoms with Crippen LogP contribution in [0.2, 0.25) is 0 Å². The molecule has 78 valence electrons. The highest BCUT2D eigenvalue weighted by Crippen LogP contribution is 2.15. The van der Waals surface area contributed by atoms with E-state index in [1.807, 2.05) is 0 Å². The molecule has 0 heterocycles. The Balaban J connectivity index is 3.14. The molecule has 6 nitrogen and oxygen atoms in total. The average Bonchev–Trinajstić information content (AvgIpc) is 2.17. The van der Waals surface area contributed by atoms with Gasteiger partial charge in [-0.15, -0.1) is 0 Å². The lowest BCUT2D eigenvalue weighted by atomic mass is 10.1. The van der Waals surface area contributed by atoms with Crippen molar-refractivity contribution in [3.8, 4) is 0 Å². The Morgan fingerprint density at radius 1 is 1.40 bits per heavy atom. The number of rotatable bonds is 3. The minimum atomic E-state index is -1.15. The number of amides is 2. The van der Waals surface area contributed by atoms with Crippen LogP contribution in [0.5, 0.6) is 0 Å². The molecule has 6 heteroatoms. The van der Waals surface area contributed by atoms with Crippen molar-refractivity contribution in [1.82, 2.24) is 0 Å². The predicted molar refractivity (Wildman–Crippen MR) is 52.0 cm³/mol. The summed E-state index contributed by atoms with van der Waals surface area (Å²) >= 11 is 0. The maximum absolute atomic E-state index is 10.6. The number of nitrogens with one attached hydrogen (secondary N) is 1. The van der Waals surface area contributed by atoms with Gasteiger partial charge in [-0.1, -0.05) is 0 Å². The molecule has 0 unspecified atom stereocenters. The number of carboxylic acid groups (broad SMARTS) is 1.